The first-order valence-corrected chi connectivity index (χ1v) is 11.2. The van der Waals surface area contributed by atoms with Gasteiger partial charge in [0.1, 0.15) is 0 Å². The number of aromatic nitrogens is 4. The summed E-state index contributed by atoms with van der Waals surface area (Å²) in [6, 6.07) is 18.4. The zero-order valence-corrected chi connectivity index (χ0v) is 19.3. The highest BCUT2D eigenvalue weighted by Gasteiger charge is 2.12. The van der Waals surface area contributed by atoms with E-state index in [2.05, 4.69) is 82.2 Å². The number of rotatable bonds is 8. The van der Waals surface area contributed by atoms with Gasteiger partial charge >= 0.3 is 0 Å². The van der Waals surface area contributed by atoms with Crippen LogP contribution in [0.15, 0.2) is 71.4 Å². The molecule has 0 aliphatic carbocycles. The van der Waals surface area contributed by atoms with Gasteiger partial charge in [-0.25, -0.2) is 0 Å². The molecule has 32 heavy (non-hydrogen) atoms. The molecule has 0 unspecified atom stereocenters. The lowest BCUT2D eigenvalue weighted by molar-refractivity contribution is 0.584. The van der Waals surface area contributed by atoms with Crippen molar-refractivity contribution in [3.8, 4) is 22.9 Å². The number of nitrogens with one attached hydrogen (secondary N) is 1. The van der Waals surface area contributed by atoms with Gasteiger partial charge in [-0.2, -0.15) is 5.10 Å². The van der Waals surface area contributed by atoms with Crippen LogP contribution in [-0.4, -0.2) is 46.6 Å². The molecule has 0 saturated heterocycles. The van der Waals surface area contributed by atoms with Crippen LogP contribution in [0.4, 0.5) is 11.4 Å². The molecule has 2 aromatic carbocycles. The smallest absolute Gasteiger partial charge is 0.248 e. The first-order valence-electron chi connectivity index (χ1n) is 11.2. The maximum atomic E-state index is 5.91. The highest BCUT2D eigenvalue weighted by atomic mass is 16.4. The molecule has 0 atom stereocenters. The molecule has 7 heteroatoms. The summed E-state index contributed by atoms with van der Waals surface area (Å²) >= 11 is 0. The SMILES string of the molecule is CCN(CC)c1ccc(-c2nnc(-c3ccc(N(CC)CC)cc3)o2)cc1.c1cn[nH]c1. The largest absolute Gasteiger partial charge is 0.416 e. The maximum absolute atomic E-state index is 5.91. The lowest BCUT2D eigenvalue weighted by Crippen LogP contribution is -2.21. The molecule has 4 aromatic rings. The fraction of sp³-hybridized carbons (Fsp3) is 0.320. The fourth-order valence-corrected chi connectivity index (χ4v) is 3.48. The Morgan fingerprint density at radius 2 is 1.12 bits per heavy atom. The van der Waals surface area contributed by atoms with Crippen molar-refractivity contribution in [3.05, 3.63) is 67.0 Å². The number of nitrogens with zero attached hydrogens (tertiary/aromatic N) is 5. The monoisotopic (exact) mass is 432 g/mol. The van der Waals surface area contributed by atoms with Crippen LogP contribution in [0, 0.1) is 0 Å². The Labute approximate surface area is 190 Å². The summed E-state index contributed by atoms with van der Waals surface area (Å²) in [4.78, 5) is 4.61. The Balaban J connectivity index is 0.000000509. The average Bonchev–Trinajstić information content (AvgIpc) is 3.57. The summed E-state index contributed by atoms with van der Waals surface area (Å²) in [5.74, 6) is 1.09. The second-order valence-corrected chi connectivity index (χ2v) is 7.12. The quantitative estimate of drug-likeness (QED) is 0.396. The molecule has 2 heterocycles. The third-order valence-electron chi connectivity index (χ3n) is 5.32. The third kappa shape index (κ3) is 5.75. The summed E-state index contributed by atoms with van der Waals surface area (Å²) in [6.07, 6.45) is 3.46. The number of hydrogen-bond donors (Lipinski definition) is 1. The van der Waals surface area contributed by atoms with Crippen LogP contribution in [0.25, 0.3) is 22.9 Å². The molecule has 2 aromatic heterocycles. The van der Waals surface area contributed by atoms with Crippen molar-refractivity contribution in [2.24, 2.45) is 0 Å². The number of anilines is 2. The molecule has 168 valence electrons. The topological polar surface area (TPSA) is 74.1 Å². The molecule has 0 saturated carbocycles. The minimum absolute atomic E-state index is 0.545. The van der Waals surface area contributed by atoms with E-state index in [1.54, 1.807) is 12.4 Å². The van der Waals surface area contributed by atoms with Gasteiger partial charge < -0.3 is 14.2 Å². The van der Waals surface area contributed by atoms with Crippen molar-refractivity contribution in [1.29, 1.82) is 0 Å². The van der Waals surface area contributed by atoms with E-state index in [0.717, 1.165) is 37.3 Å². The number of H-pyrrole nitrogens is 1. The van der Waals surface area contributed by atoms with E-state index in [-0.39, 0.29) is 0 Å². The zero-order chi connectivity index (χ0) is 22.8. The van der Waals surface area contributed by atoms with Crippen LogP contribution >= 0.6 is 0 Å². The molecule has 7 nitrogen and oxygen atoms in total. The van der Waals surface area contributed by atoms with Crippen LogP contribution in [0.3, 0.4) is 0 Å². The highest BCUT2D eigenvalue weighted by Crippen LogP contribution is 2.27. The normalized spacial score (nSPS) is 10.4. The maximum Gasteiger partial charge on any atom is 0.248 e. The molecule has 0 fully saturated rings. The van der Waals surface area contributed by atoms with Crippen LogP contribution in [0.1, 0.15) is 27.7 Å². The van der Waals surface area contributed by atoms with Crippen LogP contribution in [0.5, 0.6) is 0 Å². The first-order chi connectivity index (χ1) is 15.7. The predicted octanol–water partition coefficient (Wildman–Crippen LogP) is 5.51. The number of aromatic amines is 1. The van der Waals surface area contributed by atoms with Crippen molar-refractivity contribution in [2.75, 3.05) is 36.0 Å². The van der Waals surface area contributed by atoms with Crippen LogP contribution < -0.4 is 9.80 Å². The molecule has 1 N–H and O–H groups in total. The van der Waals surface area contributed by atoms with Gasteiger partial charge in [0.2, 0.25) is 11.8 Å². The molecule has 4 rings (SSSR count). The molecule has 0 aliphatic heterocycles. The summed E-state index contributed by atoms with van der Waals surface area (Å²) in [7, 11) is 0. The summed E-state index contributed by atoms with van der Waals surface area (Å²) in [5, 5.41) is 14.7. The molecular weight excluding hydrogens is 400 g/mol. The van der Waals surface area contributed by atoms with Gasteiger partial charge in [-0.1, -0.05) is 0 Å². The first kappa shape index (κ1) is 23.1. The van der Waals surface area contributed by atoms with Gasteiger partial charge in [-0.15, -0.1) is 10.2 Å². The molecule has 0 bridgehead atoms. The van der Waals surface area contributed by atoms with Gasteiger partial charge in [0, 0.05) is 61.1 Å². The van der Waals surface area contributed by atoms with E-state index in [4.69, 9.17) is 4.42 Å². The Morgan fingerprint density at radius 3 is 1.41 bits per heavy atom. The summed E-state index contributed by atoms with van der Waals surface area (Å²) in [6.45, 7) is 12.6. The average molecular weight is 433 g/mol. The Kier molecular flexibility index (Phi) is 8.43. The van der Waals surface area contributed by atoms with E-state index in [1.807, 2.05) is 30.3 Å². The number of hydrogen-bond acceptors (Lipinski definition) is 6. The van der Waals surface area contributed by atoms with Crippen LogP contribution in [0.2, 0.25) is 0 Å². The van der Waals surface area contributed by atoms with E-state index in [1.165, 1.54) is 11.4 Å². The fourth-order valence-electron chi connectivity index (χ4n) is 3.48. The Hall–Kier alpha value is -3.61. The van der Waals surface area contributed by atoms with E-state index >= 15 is 0 Å². The van der Waals surface area contributed by atoms with Gasteiger partial charge in [0.25, 0.3) is 0 Å². The van der Waals surface area contributed by atoms with Crippen molar-refractivity contribution >= 4 is 11.4 Å². The van der Waals surface area contributed by atoms with Crippen molar-refractivity contribution in [3.63, 3.8) is 0 Å². The third-order valence-corrected chi connectivity index (χ3v) is 5.32. The summed E-state index contributed by atoms with van der Waals surface area (Å²) in [5.41, 5.74) is 4.28. The zero-order valence-electron chi connectivity index (χ0n) is 19.3. The molecule has 0 amide bonds. The van der Waals surface area contributed by atoms with Gasteiger partial charge in [0.05, 0.1) is 0 Å². The van der Waals surface area contributed by atoms with Crippen LogP contribution in [-0.2, 0) is 0 Å². The Morgan fingerprint density at radius 1 is 0.688 bits per heavy atom. The second kappa shape index (κ2) is 11.7. The minimum Gasteiger partial charge on any atom is -0.416 e. The van der Waals surface area contributed by atoms with E-state index in [0.29, 0.717) is 11.8 Å². The molecular formula is C25H32N6O. The highest BCUT2D eigenvalue weighted by molar-refractivity contribution is 5.63. The Bertz CT molecular complexity index is 930. The molecule has 0 aliphatic rings. The minimum atomic E-state index is 0.545. The lowest BCUT2D eigenvalue weighted by atomic mass is 10.2. The summed E-state index contributed by atoms with van der Waals surface area (Å²) < 4.78 is 5.91. The predicted molar refractivity (Wildman–Crippen MR) is 131 cm³/mol. The van der Waals surface area contributed by atoms with Crippen molar-refractivity contribution < 1.29 is 4.42 Å². The molecule has 0 spiro atoms. The second-order valence-electron chi connectivity index (χ2n) is 7.12. The van der Waals surface area contributed by atoms with E-state index in [9.17, 15) is 0 Å². The van der Waals surface area contributed by atoms with Gasteiger partial charge in [-0.05, 0) is 82.3 Å². The number of benzene rings is 2. The lowest BCUT2D eigenvalue weighted by Gasteiger charge is -2.20. The van der Waals surface area contributed by atoms with Gasteiger partial charge in [-0.3, -0.25) is 5.10 Å². The van der Waals surface area contributed by atoms with Crippen molar-refractivity contribution in [2.45, 2.75) is 27.7 Å². The standard InChI is InChI=1S/C22H28N4O.C3H4N2/c1-5-25(6-2)19-13-9-17(10-14-19)21-23-24-22(27-21)18-11-15-20(16-12-18)26(7-3)8-4;1-2-4-5-3-1/h9-16H,5-8H2,1-4H3;1-3H,(H,4,5). The van der Waals surface area contributed by atoms with Gasteiger partial charge in [0.15, 0.2) is 0 Å². The van der Waals surface area contributed by atoms with E-state index < -0.39 is 0 Å². The van der Waals surface area contributed by atoms with Crippen molar-refractivity contribution in [1.82, 2.24) is 20.4 Å². The molecule has 0 radical (unpaired) electrons.